The van der Waals surface area contributed by atoms with Gasteiger partial charge in [-0.3, -0.25) is 9.48 Å². The Labute approximate surface area is 118 Å². The fourth-order valence-corrected chi connectivity index (χ4v) is 2.57. The molecule has 0 unspecified atom stereocenters. The summed E-state index contributed by atoms with van der Waals surface area (Å²) in [5, 5.41) is 4.92. The molecule has 0 saturated carbocycles. The summed E-state index contributed by atoms with van der Waals surface area (Å²) in [6, 6.07) is 0. The predicted molar refractivity (Wildman–Crippen MR) is 73.3 cm³/mol. The molecule has 1 saturated heterocycles. The molecule has 1 fully saturated rings. The molecule has 2 heterocycles. The van der Waals surface area contributed by atoms with Gasteiger partial charge in [0.15, 0.2) is 0 Å². The Kier molecular flexibility index (Phi) is 4.16. The van der Waals surface area contributed by atoms with Gasteiger partial charge in [0.05, 0.1) is 28.6 Å². The van der Waals surface area contributed by atoms with Crippen LogP contribution in [0.4, 0.5) is 0 Å². The van der Waals surface area contributed by atoms with Crippen molar-refractivity contribution in [2.24, 2.45) is 0 Å². The monoisotopic (exact) mass is 285 g/mol. The lowest BCUT2D eigenvalue weighted by Gasteiger charge is -2.35. The van der Waals surface area contributed by atoms with Crippen LogP contribution in [0.5, 0.6) is 0 Å². The first-order valence-corrected chi connectivity index (χ1v) is 6.89. The fourth-order valence-electron chi connectivity index (χ4n) is 2.44. The zero-order valence-electron chi connectivity index (χ0n) is 11.8. The molecule has 1 aromatic rings. The third kappa shape index (κ3) is 3.09. The lowest BCUT2D eigenvalue weighted by molar-refractivity contribution is -0.144. The maximum atomic E-state index is 12.3. The molecule has 1 aliphatic heterocycles. The molecule has 6 heteroatoms. The zero-order chi connectivity index (χ0) is 14.2. The van der Waals surface area contributed by atoms with Crippen LogP contribution < -0.4 is 0 Å². The number of ether oxygens (including phenoxy) is 1. The standard InChI is InChI=1S/C13H20ClN3O2/c1-8-5-16(6-9(2)19-8)12(18)7-17-11(4)13(14)10(3)15-17/h8-9H,5-7H2,1-4H3/t8-,9+. The lowest BCUT2D eigenvalue weighted by atomic mass is 10.2. The van der Waals surface area contributed by atoms with Gasteiger partial charge in [0.1, 0.15) is 6.54 Å². The van der Waals surface area contributed by atoms with Gasteiger partial charge in [0, 0.05) is 13.1 Å². The minimum Gasteiger partial charge on any atom is -0.372 e. The van der Waals surface area contributed by atoms with Gasteiger partial charge in [-0.25, -0.2) is 0 Å². The molecule has 5 nitrogen and oxygen atoms in total. The van der Waals surface area contributed by atoms with Crippen LogP contribution >= 0.6 is 11.6 Å². The van der Waals surface area contributed by atoms with Crippen molar-refractivity contribution in [2.75, 3.05) is 13.1 Å². The number of nitrogens with zero attached hydrogens (tertiary/aromatic N) is 3. The van der Waals surface area contributed by atoms with E-state index in [1.54, 1.807) is 4.68 Å². The van der Waals surface area contributed by atoms with E-state index in [1.807, 2.05) is 32.6 Å². The summed E-state index contributed by atoms with van der Waals surface area (Å²) in [4.78, 5) is 14.1. The number of hydrogen-bond donors (Lipinski definition) is 0. The van der Waals surface area contributed by atoms with E-state index in [2.05, 4.69) is 5.10 Å². The summed E-state index contributed by atoms with van der Waals surface area (Å²) in [6.07, 6.45) is 0.161. The van der Waals surface area contributed by atoms with Crippen molar-refractivity contribution in [3.05, 3.63) is 16.4 Å². The van der Waals surface area contributed by atoms with Crippen molar-refractivity contribution in [1.82, 2.24) is 14.7 Å². The Bertz CT molecular complexity index is 476. The van der Waals surface area contributed by atoms with E-state index in [1.165, 1.54) is 0 Å². The van der Waals surface area contributed by atoms with Crippen molar-refractivity contribution in [2.45, 2.75) is 46.4 Å². The number of carbonyl (C=O) groups is 1. The number of aryl methyl sites for hydroxylation is 1. The largest absolute Gasteiger partial charge is 0.372 e. The van der Waals surface area contributed by atoms with Gasteiger partial charge >= 0.3 is 0 Å². The number of rotatable bonds is 2. The number of hydrogen-bond acceptors (Lipinski definition) is 3. The first-order chi connectivity index (χ1) is 8.88. The predicted octanol–water partition coefficient (Wildman–Crippen LogP) is 1.79. The van der Waals surface area contributed by atoms with Crippen LogP contribution in [0.25, 0.3) is 0 Å². The molecular weight excluding hydrogens is 266 g/mol. The van der Waals surface area contributed by atoms with E-state index in [-0.39, 0.29) is 24.7 Å². The Hall–Kier alpha value is -1.07. The fraction of sp³-hybridized carbons (Fsp3) is 0.692. The molecular formula is C13H20ClN3O2. The van der Waals surface area contributed by atoms with E-state index in [4.69, 9.17) is 16.3 Å². The molecule has 0 radical (unpaired) electrons. The maximum absolute atomic E-state index is 12.3. The van der Waals surface area contributed by atoms with Crippen LogP contribution in [0.2, 0.25) is 5.02 Å². The number of amides is 1. The molecule has 19 heavy (non-hydrogen) atoms. The van der Waals surface area contributed by atoms with E-state index < -0.39 is 0 Å². The van der Waals surface area contributed by atoms with Crippen LogP contribution in [0.1, 0.15) is 25.2 Å². The van der Waals surface area contributed by atoms with E-state index in [0.29, 0.717) is 18.1 Å². The molecule has 106 valence electrons. The molecule has 0 aromatic carbocycles. The third-order valence-electron chi connectivity index (χ3n) is 3.35. The lowest BCUT2D eigenvalue weighted by Crippen LogP contribution is -2.49. The van der Waals surface area contributed by atoms with Gasteiger partial charge in [0.2, 0.25) is 5.91 Å². The van der Waals surface area contributed by atoms with Gasteiger partial charge in [-0.15, -0.1) is 0 Å². The molecule has 0 aliphatic carbocycles. The number of carbonyl (C=O) groups excluding carboxylic acids is 1. The third-order valence-corrected chi connectivity index (χ3v) is 3.90. The summed E-state index contributed by atoms with van der Waals surface area (Å²) >= 11 is 6.09. The average molecular weight is 286 g/mol. The molecule has 0 spiro atoms. The molecule has 0 bridgehead atoms. The van der Waals surface area contributed by atoms with Crippen molar-refractivity contribution in [3.63, 3.8) is 0 Å². The van der Waals surface area contributed by atoms with Crippen LogP contribution in [0.15, 0.2) is 0 Å². The first-order valence-electron chi connectivity index (χ1n) is 6.51. The van der Waals surface area contributed by atoms with Crippen molar-refractivity contribution >= 4 is 17.5 Å². The summed E-state index contributed by atoms with van der Waals surface area (Å²) in [5.41, 5.74) is 1.59. The SMILES string of the molecule is Cc1nn(CC(=O)N2C[C@@H](C)O[C@@H](C)C2)c(C)c1Cl. The summed E-state index contributed by atoms with van der Waals surface area (Å²) in [6.45, 7) is 9.19. The minimum absolute atomic E-state index is 0.0595. The van der Waals surface area contributed by atoms with Crippen molar-refractivity contribution in [1.29, 1.82) is 0 Å². The van der Waals surface area contributed by atoms with Crippen LogP contribution in [-0.4, -0.2) is 45.9 Å². The molecule has 2 atom stereocenters. The van der Waals surface area contributed by atoms with Crippen molar-refractivity contribution < 1.29 is 9.53 Å². The zero-order valence-corrected chi connectivity index (χ0v) is 12.6. The Balaban J connectivity index is 2.06. The number of aromatic nitrogens is 2. The highest BCUT2D eigenvalue weighted by Crippen LogP contribution is 2.19. The van der Waals surface area contributed by atoms with Gasteiger partial charge in [-0.1, -0.05) is 11.6 Å². The van der Waals surface area contributed by atoms with Gasteiger partial charge in [0.25, 0.3) is 0 Å². The van der Waals surface area contributed by atoms with Gasteiger partial charge < -0.3 is 9.64 Å². The smallest absolute Gasteiger partial charge is 0.244 e. The second-order valence-electron chi connectivity index (χ2n) is 5.20. The average Bonchev–Trinajstić information content (AvgIpc) is 2.56. The first kappa shape index (κ1) is 14.3. The Morgan fingerprint density at radius 2 is 1.95 bits per heavy atom. The molecule has 2 rings (SSSR count). The van der Waals surface area contributed by atoms with Crippen molar-refractivity contribution in [3.8, 4) is 0 Å². The van der Waals surface area contributed by atoms with Crippen LogP contribution in [0, 0.1) is 13.8 Å². The summed E-state index contributed by atoms with van der Waals surface area (Å²) in [7, 11) is 0. The summed E-state index contributed by atoms with van der Waals surface area (Å²) < 4.78 is 7.30. The van der Waals surface area contributed by atoms with Gasteiger partial charge in [-0.05, 0) is 27.7 Å². The minimum atomic E-state index is 0.0595. The second-order valence-corrected chi connectivity index (χ2v) is 5.58. The number of halogens is 1. The highest BCUT2D eigenvalue weighted by atomic mass is 35.5. The van der Waals surface area contributed by atoms with E-state index in [0.717, 1.165) is 11.4 Å². The normalized spacial score (nSPS) is 23.7. The maximum Gasteiger partial charge on any atom is 0.244 e. The molecule has 1 aliphatic rings. The van der Waals surface area contributed by atoms with E-state index >= 15 is 0 Å². The molecule has 1 aromatic heterocycles. The molecule has 1 amide bonds. The quantitative estimate of drug-likeness (QED) is 0.832. The summed E-state index contributed by atoms with van der Waals surface area (Å²) in [5.74, 6) is 0.0595. The number of morpholine rings is 1. The second kappa shape index (κ2) is 5.51. The topological polar surface area (TPSA) is 47.4 Å². The Morgan fingerprint density at radius 1 is 1.37 bits per heavy atom. The van der Waals surface area contributed by atoms with Crippen LogP contribution in [0.3, 0.4) is 0 Å². The van der Waals surface area contributed by atoms with Crippen LogP contribution in [-0.2, 0) is 16.1 Å². The molecule has 0 N–H and O–H groups in total. The Morgan fingerprint density at radius 3 is 2.42 bits per heavy atom. The van der Waals surface area contributed by atoms with Gasteiger partial charge in [-0.2, -0.15) is 5.10 Å². The van der Waals surface area contributed by atoms with E-state index in [9.17, 15) is 4.79 Å². The highest BCUT2D eigenvalue weighted by Gasteiger charge is 2.26. The highest BCUT2D eigenvalue weighted by molar-refractivity contribution is 6.31.